The maximum Gasteiger partial charge on any atom is 0.416 e. The number of carbonyl (C=O) groups excluding carboxylic acids is 3. The van der Waals surface area contributed by atoms with Gasteiger partial charge >= 0.3 is 12.2 Å². The van der Waals surface area contributed by atoms with Crippen LogP contribution in [0.2, 0.25) is 0 Å². The summed E-state index contributed by atoms with van der Waals surface area (Å²) in [5, 5.41) is 6.82. The molecule has 2 saturated carbocycles. The summed E-state index contributed by atoms with van der Waals surface area (Å²) < 4.78 is 46.8. The monoisotopic (exact) mass is 810 g/mol. The molecule has 16 heteroatoms. The number of hydrogen-bond acceptors (Lipinski definition) is 10. The maximum absolute atomic E-state index is 14.2. The first-order valence-corrected chi connectivity index (χ1v) is 20.7. The number of anilines is 2. The third-order valence-corrected chi connectivity index (χ3v) is 10.9. The summed E-state index contributed by atoms with van der Waals surface area (Å²) in [6.07, 6.45) is 9.13. The van der Waals surface area contributed by atoms with Gasteiger partial charge in [-0.3, -0.25) is 14.4 Å². The molecule has 318 valence electrons. The Labute approximate surface area is 340 Å². The fourth-order valence-electron chi connectivity index (χ4n) is 7.64. The molecule has 3 fully saturated rings. The number of ether oxygens (including phenoxy) is 2. The van der Waals surface area contributed by atoms with Gasteiger partial charge in [0.15, 0.2) is 11.4 Å². The van der Waals surface area contributed by atoms with Gasteiger partial charge in [0.1, 0.15) is 23.3 Å². The molecule has 3 aromatic heterocycles. The van der Waals surface area contributed by atoms with Crippen LogP contribution in [0.3, 0.4) is 0 Å². The van der Waals surface area contributed by atoms with Gasteiger partial charge in [-0.25, -0.2) is 28.3 Å². The van der Waals surface area contributed by atoms with Crippen molar-refractivity contribution in [2.24, 2.45) is 17.8 Å². The summed E-state index contributed by atoms with van der Waals surface area (Å²) in [7, 11) is 2.15. The molecular formula is C42H60F2N8O6. The van der Waals surface area contributed by atoms with Crippen molar-refractivity contribution in [1.29, 1.82) is 0 Å². The van der Waals surface area contributed by atoms with E-state index >= 15 is 0 Å². The van der Waals surface area contributed by atoms with Gasteiger partial charge in [0.25, 0.3) is 12.3 Å². The fraction of sp³-hybridized carbons (Fsp3) is 0.667. The van der Waals surface area contributed by atoms with Crippen molar-refractivity contribution in [2.45, 2.75) is 123 Å². The Morgan fingerprint density at radius 2 is 1.59 bits per heavy atom. The molecule has 1 aliphatic heterocycles. The standard InChI is InChI=1S/C42H60F2N8O6/c1-41(2,3)57-39(54)50-20-16-27(17-21-50)15-19-49(7)23-28-10-12-31(13-11-28)52-25-32(35(48-52)36(43)44)46-37(53)33-26-56-38(47-33)30-14-18-45-34(22-30)51(24-29-8-9-29)40(55)58-42(4,5)6/h14,18,22,25-29,31,36H,8-13,15-17,19-21,23-24H2,1-7H3,(H,46,53)/t28-,31-. The van der Waals surface area contributed by atoms with Gasteiger partial charge in [0.05, 0.1) is 11.7 Å². The van der Waals surface area contributed by atoms with E-state index in [1.54, 1.807) is 37.6 Å². The Morgan fingerprint density at radius 1 is 0.931 bits per heavy atom. The molecule has 3 amide bonds. The fourth-order valence-corrected chi connectivity index (χ4v) is 7.64. The van der Waals surface area contributed by atoms with Crippen LogP contribution in [0.4, 0.5) is 29.9 Å². The van der Waals surface area contributed by atoms with E-state index in [-0.39, 0.29) is 29.4 Å². The number of likely N-dealkylation sites (tertiary alicyclic amines) is 1. The first-order valence-electron chi connectivity index (χ1n) is 20.7. The summed E-state index contributed by atoms with van der Waals surface area (Å²) in [5.74, 6) is 1.20. The van der Waals surface area contributed by atoms with Crippen LogP contribution in [0.15, 0.2) is 35.2 Å². The molecule has 4 heterocycles. The van der Waals surface area contributed by atoms with Gasteiger partial charge in [-0.15, -0.1) is 0 Å². The van der Waals surface area contributed by atoms with Gasteiger partial charge in [-0.1, -0.05) is 0 Å². The molecule has 0 unspecified atom stereocenters. The summed E-state index contributed by atoms with van der Waals surface area (Å²) in [4.78, 5) is 53.2. The van der Waals surface area contributed by atoms with E-state index in [0.717, 1.165) is 84.0 Å². The number of halogens is 2. The lowest BCUT2D eigenvalue weighted by Crippen LogP contribution is -2.42. The number of alkyl halides is 2. The van der Waals surface area contributed by atoms with Crippen LogP contribution >= 0.6 is 0 Å². The van der Waals surface area contributed by atoms with Crippen LogP contribution in [-0.2, 0) is 9.47 Å². The zero-order chi connectivity index (χ0) is 41.8. The summed E-state index contributed by atoms with van der Waals surface area (Å²) in [5.41, 5.74) is -1.36. The Balaban J connectivity index is 0.994. The minimum absolute atomic E-state index is 0.0560. The van der Waals surface area contributed by atoms with Gasteiger partial charge in [-0.05, 0) is 143 Å². The first-order chi connectivity index (χ1) is 27.4. The molecule has 6 rings (SSSR count). The molecule has 2 aliphatic carbocycles. The van der Waals surface area contributed by atoms with E-state index in [2.05, 4.69) is 32.3 Å². The lowest BCUT2D eigenvalue weighted by molar-refractivity contribution is 0.0177. The molecule has 3 aliphatic rings. The Kier molecular flexibility index (Phi) is 13.4. The zero-order valence-corrected chi connectivity index (χ0v) is 35.0. The molecular weight excluding hydrogens is 751 g/mol. The SMILES string of the molecule is CN(CCC1CCN(C(=O)OC(C)(C)C)CC1)C[C@H]1CC[C@H](n2cc(NC(=O)c3coc(-c4ccnc(N(CC5CC5)C(=O)OC(C)(C)C)c4)n3)c(C(F)F)n2)CC1. The quantitative estimate of drug-likeness (QED) is 0.177. The molecule has 14 nitrogen and oxygen atoms in total. The predicted molar refractivity (Wildman–Crippen MR) is 215 cm³/mol. The number of piperidine rings is 1. The van der Waals surface area contributed by atoms with E-state index in [1.807, 2.05) is 25.7 Å². The number of aromatic nitrogens is 4. The van der Waals surface area contributed by atoms with Gasteiger partial charge in [-0.2, -0.15) is 5.10 Å². The van der Waals surface area contributed by atoms with Crippen molar-refractivity contribution < 1.29 is 37.1 Å². The molecule has 0 bridgehead atoms. The number of carbonyl (C=O) groups is 3. The largest absolute Gasteiger partial charge is 0.444 e. The van der Waals surface area contributed by atoms with E-state index in [4.69, 9.17) is 13.9 Å². The highest BCUT2D eigenvalue weighted by atomic mass is 19.3. The van der Waals surface area contributed by atoms with Crippen LogP contribution < -0.4 is 10.2 Å². The van der Waals surface area contributed by atoms with Crippen LogP contribution in [0, 0.1) is 17.8 Å². The van der Waals surface area contributed by atoms with Crippen molar-refractivity contribution >= 4 is 29.6 Å². The highest BCUT2D eigenvalue weighted by molar-refractivity contribution is 6.03. The molecule has 58 heavy (non-hydrogen) atoms. The highest BCUT2D eigenvalue weighted by Crippen LogP contribution is 2.36. The minimum atomic E-state index is -2.89. The highest BCUT2D eigenvalue weighted by Gasteiger charge is 2.33. The second-order valence-corrected chi connectivity index (χ2v) is 18.3. The van der Waals surface area contributed by atoms with E-state index in [1.165, 1.54) is 23.6 Å². The molecule has 3 aromatic rings. The van der Waals surface area contributed by atoms with Crippen LogP contribution in [0.5, 0.6) is 0 Å². The predicted octanol–water partition coefficient (Wildman–Crippen LogP) is 8.97. The van der Waals surface area contributed by atoms with Crippen molar-refractivity contribution in [2.75, 3.05) is 50.0 Å². The van der Waals surface area contributed by atoms with Crippen LogP contribution in [-0.4, -0.2) is 98.6 Å². The topological polar surface area (TPSA) is 148 Å². The Bertz CT molecular complexity index is 1870. The normalized spacial score (nSPS) is 19.4. The van der Waals surface area contributed by atoms with E-state index in [0.29, 0.717) is 35.7 Å². The summed E-state index contributed by atoms with van der Waals surface area (Å²) in [6.45, 7) is 14.9. The van der Waals surface area contributed by atoms with E-state index in [9.17, 15) is 23.2 Å². The second-order valence-electron chi connectivity index (χ2n) is 18.3. The van der Waals surface area contributed by atoms with Crippen molar-refractivity contribution in [3.05, 3.63) is 42.2 Å². The first kappa shape index (κ1) is 43.0. The maximum atomic E-state index is 14.2. The number of nitrogens with one attached hydrogen (secondary N) is 1. The third kappa shape index (κ3) is 12.0. The Hall–Kier alpha value is -4.60. The lowest BCUT2D eigenvalue weighted by atomic mass is 9.85. The molecule has 0 atom stereocenters. The average molecular weight is 811 g/mol. The Morgan fingerprint density at radius 3 is 2.22 bits per heavy atom. The zero-order valence-electron chi connectivity index (χ0n) is 35.0. The number of oxazole rings is 1. The van der Waals surface area contributed by atoms with Crippen molar-refractivity contribution in [1.82, 2.24) is 29.5 Å². The van der Waals surface area contributed by atoms with Gasteiger partial charge in [0.2, 0.25) is 5.89 Å². The van der Waals surface area contributed by atoms with Crippen molar-refractivity contribution in [3.63, 3.8) is 0 Å². The number of nitrogens with zero attached hydrogens (tertiary/aromatic N) is 7. The average Bonchev–Trinajstić information content (AvgIpc) is 3.66. The minimum Gasteiger partial charge on any atom is -0.444 e. The molecule has 0 radical (unpaired) electrons. The molecule has 0 spiro atoms. The number of amides is 3. The summed E-state index contributed by atoms with van der Waals surface area (Å²) >= 11 is 0. The lowest BCUT2D eigenvalue weighted by Gasteiger charge is -2.35. The molecule has 0 aromatic carbocycles. The van der Waals surface area contributed by atoms with Crippen molar-refractivity contribution in [3.8, 4) is 11.5 Å². The van der Waals surface area contributed by atoms with Gasteiger partial charge in [0, 0.05) is 44.1 Å². The second kappa shape index (κ2) is 18.1. The number of pyridine rings is 1. The molecule has 1 N–H and O–H groups in total. The number of hydrogen-bond donors (Lipinski definition) is 1. The third-order valence-electron chi connectivity index (χ3n) is 10.9. The van der Waals surface area contributed by atoms with Crippen LogP contribution in [0.1, 0.15) is 128 Å². The van der Waals surface area contributed by atoms with Crippen LogP contribution in [0.25, 0.3) is 11.5 Å². The summed E-state index contributed by atoms with van der Waals surface area (Å²) in [6, 6.07) is 3.24. The van der Waals surface area contributed by atoms with E-state index < -0.39 is 35.3 Å². The molecule has 1 saturated heterocycles. The smallest absolute Gasteiger partial charge is 0.416 e. The number of rotatable bonds is 13. The van der Waals surface area contributed by atoms with Gasteiger partial charge < -0.3 is 29.0 Å².